The lowest BCUT2D eigenvalue weighted by Gasteiger charge is -2.20. The fourth-order valence-electron chi connectivity index (χ4n) is 3.87. The van der Waals surface area contributed by atoms with Gasteiger partial charge in [-0.3, -0.25) is 4.90 Å². The molecule has 156 valence electrons. The molecule has 6 nitrogen and oxygen atoms in total. The first-order valence-electron chi connectivity index (χ1n) is 10.0. The topological polar surface area (TPSA) is 64.4 Å². The summed E-state index contributed by atoms with van der Waals surface area (Å²) in [6.45, 7) is 2.44. The molecule has 2 aromatic heterocycles. The number of sulfone groups is 1. The van der Waals surface area contributed by atoms with Crippen LogP contribution in [0.3, 0.4) is 0 Å². The summed E-state index contributed by atoms with van der Waals surface area (Å²) in [4.78, 5) is 7.87. The minimum absolute atomic E-state index is 0.218. The van der Waals surface area contributed by atoms with Gasteiger partial charge < -0.3 is 9.30 Å². The van der Waals surface area contributed by atoms with Crippen LogP contribution in [0.2, 0.25) is 0 Å². The highest BCUT2D eigenvalue weighted by Crippen LogP contribution is 2.28. The molecule has 1 fully saturated rings. The van der Waals surface area contributed by atoms with Crippen LogP contribution in [-0.2, 0) is 34.2 Å². The number of imidazole rings is 1. The van der Waals surface area contributed by atoms with Gasteiger partial charge >= 0.3 is 0 Å². The highest BCUT2D eigenvalue weighted by Gasteiger charge is 2.32. The Labute approximate surface area is 172 Å². The number of nitrogens with zero attached hydrogens (tertiary/aromatic N) is 3. The number of methoxy groups -OCH3 is 1. The van der Waals surface area contributed by atoms with Gasteiger partial charge in [-0.15, -0.1) is 11.3 Å². The SMILES string of the molecule is COCCn1c(CN(C)Cc2cccs2)cnc1S(=O)(=O)C1CCCCCC1. The van der Waals surface area contributed by atoms with E-state index >= 15 is 0 Å². The quantitative estimate of drug-likeness (QED) is 0.573. The Morgan fingerprint density at radius 1 is 1.25 bits per heavy atom. The Hall–Kier alpha value is -1.22. The second-order valence-corrected chi connectivity index (χ2v) is 10.7. The van der Waals surface area contributed by atoms with Crippen molar-refractivity contribution in [2.24, 2.45) is 0 Å². The molecular weight excluding hydrogens is 394 g/mol. The van der Waals surface area contributed by atoms with E-state index in [0.717, 1.165) is 50.8 Å². The predicted octanol–water partition coefficient (Wildman–Crippen LogP) is 3.72. The molecule has 0 aliphatic heterocycles. The van der Waals surface area contributed by atoms with Crippen molar-refractivity contribution >= 4 is 21.2 Å². The Morgan fingerprint density at radius 3 is 2.64 bits per heavy atom. The lowest BCUT2D eigenvalue weighted by atomic mass is 10.2. The molecular formula is C20H31N3O3S2. The van der Waals surface area contributed by atoms with E-state index < -0.39 is 9.84 Å². The van der Waals surface area contributed by atoms with Gasteiger partial charge in [0.1, 0.15) is 0 Å². The third-order valence-corrected chi connectivity index (χ3v) is 8.40. The molecule has 8 heteroatoms. The summed E-state index contributed by atoms with van der Waals surface area (Å²) in [5.74, 6) is 0. The van der Waals surface area contributed by atoms with Crippen molar-refractivity contribution in [3.63, 3.8) is 0 Å². The molecule has 0 aromatic carbocycles. The summed E-state index contributed by atoms with van der Waals surface area (Å²) in [6.07, 6.45) is 7.44. The molecule has 2 heterocycles. The molecule has 0 radical (unpaired) electrons. The smallest absolute Gasteiger partial charge is 0.228 e. The molecule has 0 spiro atoms. The van der Waals surface area contributed by atoms with Crippen LogP contribution in [0.5, 0.6) is 0 Å². The molecule has 0 atom stereocenters. The molecule has 1 aliphatic carbocycles. The van der Waals surface area contributed by atoms with Crippen LogP contribution in [0.1, 0.15) is 49.1 Å². The number of ether oxygens (including phenoxy) is 1. The first kappa shape index (κ1) is 21.5. The largest absolute Gasteiger partial charge is 0.383 e. The van der Waals surface area contributed by atoms with Crippen LogP contribution < -0.4 is 0 Å². The average Bonchev–Trinajstić information content (AvgIpc) is 3.21. The maximum Gasteiger partial charge on any atom is 0.228 e. The first-order valence-corrected chi connectivity index (χ1v) is 12.4. The third kappa shape index (κ3) is 5.23. The van der Waals surface area contributed by atoms with Crippen molar-refractivity contribution in [1.29, 1.82) is 0 Å². The zero-order chi connectivity index (χ0) is 20.0. The highest BCUT2D eigenvalue weighted by molar-refractivity contribution is 7.91. The van der Waals surface area contributed by atoms with Gasteiger partial charge in [-0.1, -0.05) is 31.7 Å². The molecule has 0 N–H and O–H groups in total. The number of hydrogen-bond donors (Lipinski definition) is 0. The molecule has 1 saturated carbocycles. The Morgan fingerprint density at radius 2 is 2.00 bits per heavy atom. The van der Waals surface area contributed by atoms with Gasteiger partial charge in [-0.25, -0.2) is 13.4 Å². The standard InChI is InChI=1S/C20H31N3O3S2/c1-22(16-18-8-7-13-27-18)15-17-14-21-20(23(17)11-12-26-2)28(24,25)19-9-5-3-4-6-10-19/h7-8,13-14,19H,3-6,9-12,15-16H2,1-2H3. The summed E-state index contributed by atoms with van der Waals surface area (Å²) in [6, 6.07) is 4.17. The first-order chi connectivity index (χ1) is 13.5. The van der Waals surface area contributed by atoms with Crippen molar-refractivity contribution < 1.29 is 13.2 Å². The van der Waals surface area contributed by atoms with Gasteiger partial charge in [0, 0.05) is 31.6 Å². The zero-order valence-electron chi connectivity index (χ0n) is 16.8. The monoisotopic (exact) mass is 425 g/mol. The third-order valence-electron chi connectivity index (χ3n) is 5.35. The van der Waals surface area contributed by atoms with Crippen LogP contribution in [0.25, 0.3) is 0 Å². The van der Waals surface area contributed by atoms with Crippen molar-refractivity contribution in [1.82, 2.24) is 14.5 Å². The van der Waals surface area contributed by atoms with Gasteiger partial charge in [0.25, 0.3) is 0 Å². The number of rotatable bonds is 9. The molecule has 0 amide bonds. The van der Waals surface area contributed by atoms with E-state index in [1.807, 2.05) is 17.7 Å². The molecule has 3 rings (SSSR count). The highest BCUT2D eigenvalue weighted by atomic mass is 32.2. The fraction of sp³-hybridized carbons (Fsp3) is 0.650. The van der Waals surface area contributed by atoms with Gasteiger partial charge in [-0.05, 0) is 31.3 Å². The molecule has 2 aromatic rings. The van der Waals surface area contributed by atoms with E-state index in [4.69, 9.17) is 4.74 Å². The van der Waals surface area contributed by atoms with E-state index in [0.29, 0.717) is 19.7 Å². The normalized spacial score (nSPS) is 16.5. The Balaban J connectivity index is 1.82. The lowest BCUT2D eigenvalue weighted by molar-refractivity contribution is 0.182. The van der Waals surface area contributed by atoms with Crippen molar-refractivity contribution in [3.05, 3.63) is 34.3 Å². The van der Waals surface area contributed by atoms with Crippen LogP contribution in [0.15, 0.2) is 28.9 Å². The summed E-state index contributed by atoms with van der Waals surface area (Å²) >= 11 is 1.73. The number of aromatic nitrogens is 2. The van der Waals surface area contributed by atoms with Crippen molar-refractivity contribution in [2.45, 2.75) is 68.6 Å². The van der Waals surface area contributed by atoms with Gasteiger partial charge in [0.15, 0.2) is 0 Å². The van der Waals surface area contributed by atoms with Gasteiger partial charge in [0.05, 0.1) is 23.7 Å². The maximum absolute atomic E-state index is 13.3. The van der Waals surface area contributed by atoms with E-state index in [1.54, 1.807) is 24.6 Å². The second-order valence-electron chi connectivity index (χ2n) is 7.59. The van der Waals surface area contributed by atoms with E-state index in [-0.39, 0.29) is 10.4 Å². The minimum atomic E-state index is -3.43. The molecule has 1 aliphatic rings. The van der Waals surface area contributed by atoms with Crippen LogP contribution >= 0.6 is 11.3 Å². The Kier molecular flexibility index (Phi) is 7.68. The maximum atomic E-state index is 13.3. The van der Waals surface area contributed by atoms with Crippen molar-refractivity contribution in [3.8, 4) is 0 Å². The van der Waals surface area contributed by atoms with Crippen LogP contribution in [0, 0.1) is 0 Å². The number of hydrogen-bond acceptors (Lipinski definition) is 6. The molecule has 28 heavy (non-hydrogen) atoms. The average molecular weight is 426 g/mol. The van der Waals surface area contributed by atoms with Crippen LogP contribution in [-0.4, -0.2) is 48.9 Å². The van der Waals surface area contributed by atoms with E-state index in [9.17, 15) is 8.42 Å². The summed E-state index contributed by atoms with van der Waals surface area (Å²) in [5, 5.41) is 1.98. The Bertz CT molecular complexity index is 823. The van der Waals surface area contributed by atoms with Crippen molar-refractivity contribution in [2.75, 3.05) is 20.8 Å². The van der Waals surface area contributed by atoms with Gasteiger partial charge in [0.2, 0.25) is 15.0 Å². The second kappa shape index (κ2) is 10.0. The summed E-state index contributed by atoms with van der Waals surface area (Å²) in [7, 11) is 0.255. The predicted molar refractivity (Wildman–Crippen MR) is 112 cm³/mol. The fourth-order valence-corrected chi connectivity index (χ4v) is 6.62. The minimum Gasteiger partial charge on any atom is -0.383 e. The lowest BCUT2D eigenvalue weighted by Crippen LogP contribution is -2.26. The molecule has 0 bridgehead atoms. The van der Waals surface area contributed by atoms with Crippen LogP contribution in [0.4, 0.5) is 0 Å². The molecule has 0 saturated heterocycles. The van der Waals surface area contributed by atoms with E-state index in [1.165, 1.54) is 4.88 Å². The van der Waals surface area contributed by atoms with E-state index in [2.05, 4.69) is 21.3 Å². The zero-order valence-corrected chi connectivity index (χ0v) is 18.5. The van der Waals surface area contributed by atoms with Gasteiger partial charge in [-0.2, -0.15) is 0 Å². The summed E-state index contributed by atoms with van der Waals surface area (Å²) in [5.41, 5.74) is 0.920. The summed E-state index contributed by atoms with van der Waals surface area (Å²) < 4.78 is 33.8. The number of thiophene rings is 1. The molecule has 0 unspecified atom stereocenters.